The zero-order valence-corrected chi connectivity index (χ0v) is 17.0. The van der Waals surface area contributed by atoms with E-state index in [4.69, 9.17) is 4.74 Å². The van der Waals surface area contributed by atoms with Gasteiger partial charge in [0.1, 0.15) is 18.5 Å². The van der Waals surface area contributed by atoms with Crippen molar-refractivity contribution in [3.8, 4) is 0 Å². The van der Waals surface area contributed by atoms with E-state index >= 15 is 0 Å². The van der Waals surface area contributed by atoms with Crippen molar-refractivity contribution < 1.29 is 24.5 Å². The average molecular weight is 379 g/mol. The molecule has 3 fully saturated rings. The van der Waals surface area contributed by atoms with Crippen LogP contribution in [0.15, 0.2) is 12.7 Å². The number of ether oxygens (including phenoxy) is 1. The standard InChI is InChI=1S/C22H34O5/c1-6-20(4)11-16(27-17(25)12-23)21(5)13(2)7-9-22(14(3)19(20)26)10-8-15(24)18(21)22/h6,13-14,16,18-19,23,26H,1,7-12H2,2-5H3/t13-,14+,16-,18-,19+,20-,21+,22+/m1/s1. The van der Waals surface area contributed by atoms with Crippen molar-refractivity contribution in [2.24, 2.45) is 34.0 Å². The highest BCUT2D eigenvalue weighted by Crippen LogP contribution is 2.67. The van der Waals surface area contributed by atoms with Gasteiger partial charge in [0, 0.05) is 23.2 Å². The summed E-state index contributed by atoms with van der Waals surface area (Å²) in [6, 6.07) is 0. The van der Waals surface area contributed by atoms with Gasteiger partial charge in [-0.25, -0.2) is 4.79 Å². The topological polar surface area (TPSA) is 83.8 Å². The molecule has 0 amide bonds. The average Bonchev–Trinajstić information content (AvgIpc) is 3.00. The Morgan fingerprint density at radius 1 is 1.33 bits per heavy atom. The minimum Gasteiger partial charge on any atom is -0.460 e. The van der Waals surface area contributed by atoms with Crippen LogP contribution in [0.4, 0.5) is 0 Å². The molecular weight excluding hydrogens is 344 g/mol. The summed E-state index contributed by atoms with van der Waals surface area (Å²) in [6.07, 6.45) is 4.10. The number of carbonyl (C=O) groups is 2. The van der Waals surface area contributed by atoms with Crippen molar-refractivity contribution in [1.82, 2.24) is 0 Å². The second-order valence-corrected chi connectivity index (χ2v) is 9.72. The third-order valence-corrected chi connectivity index (χ3v) is 8.70. The Bertz CT molecular complexity index is 645. The smallest absolute Gasteiger partial charge is 0.332 e. The van der Waals surface area contributed by atoms with Crippen LogP contribution in [0.1, 0.15) is 59.8 Å². The van der Waals surface area contributed by atoms with Crippen LogP contribution in [0.5, 0.6) is 0 Å². The van der Waals surface area contributed by atoms with Gasteiger partial charge < -0.3 is 14.9 Å². The van der Waals surface area contributed by atoms with Crippen LogP contribution in [0, 0.1) is 34.0 Å². The monoisotopic (exact) mass is 378 g/mol. The summed E-state index contributed by atoms with van der Waals surface area (Å²) in [5.74, 6) is -0.520. The van der Waals surface area contributed by atoms with Crippen LogP contribution in [0.3, 0.4) is 0 Å². The van der Waals surface area contributed by atoms with Gasteiger partial charge in [-0.05, 0) is 42.9 Å². The van der Waals surface area contributed by atoms with Crippen LogP contribution in [-0.2, 0) is 14.3 Å². The largest absolute Gasteiger partial charge is 0.460 e. The Hall–Kier alpha value is -1.20. The number of rotatable bonds is 3. The van der Waals surface area contributed by atoms with E-state index in [2.05, 4.69) is 27.4 Å². The quantitative estimate of drug-likeness (QED) is 0.583. The molecule has 0 aromatic rings. The van der Waals surface area contributed by atoms with Gasteiger partial charge in [0.2, 0.25) is 0 Å². The van der Waals surface area contributed by atoms with Crippen molar-refractivity contribution >= 4 is 11.8 Å². The minimum atomic E-state index is -0.686. The highest BCUT2D eigenvalue weighted by atomic mass is 16.6. The van der Waals surface area contributed by atoms with Gasteiger partial charge in [-0.15, -0.1) is 6.58 Å². The fourth-order valence-electron chi connectivity index (χ4n) is 6.70. The highest BCUT2D eigenvalue weighted by Gasteiger charge is 2.68. The number of aliphatic hydroxyl groups excluding tert-OH is 2. The first-order valence-corrected chi connectivity index (χ1v) is 10.2. The van der Waals surface area contributed by atoms with Crippen molar-refractivity contribution in [3.63, 3.8) is 0 Å². The van der Waals surface area contributed by atoms with E-state index in [9.17, 15) is 19.8 Å². The molecule has 3 aliphatic rings. The normalized spacial score (nSPS) is 49.7. The van der Waals surface area contributed by atoms with Gasteiger partial charge in [0.15, 0.2) is 0 Å². The van der Waals surface area contributed by atoms with Crippen molar-refractivity contribution in [3.05, 3.63) is 12.7 Å². The molecule has 3 saturated carbocycles. The molecule has 0 aliphatic heterocycles. The van der Waals surface area contributed by atoms with E-state index in [0.717, 1.165) is 19.3 Å². The molecule has 27 heavy (non-hydrogen) atoms. The summed E-state index contributed by atoms with van der Waals surface area (Å²) in [6.45, 7) is 11.5. The molecule has 2 N–H and O–H groups in total. The Kier molecular flexibility index (Phi) is 5.09. The Balaban J connectivity index is 2.21. The van der Waals surface area contributed by atoms with Gasteiger partial charge in [-0.1, -0.05) is 33.8 Å². The first-order valence-electron chi connectivity index (χ1n) is 10.2. The lowest BCUT2D eigenvalue weighted by Gasteiger charge is -2.61. The van der Waals surface area contributed by atoms with Crippen LogP contribution >= 0.6 is 0 Å². The van der Waals surface area contributed by atoms with E-state index < -0.39 is 35.6 Å². The molecule has 2 bridgehead atoms. The maximum absolute atomic E-state index is 13.1. The molecule has 0 spiro atoms. The zero-order valence-electron chi connectivity index (χ0n) is 17.0. The summed E-state index contributed by atoms with van der Waals surface area (Å²) < 4.78 is 5.77. The molecule has 0 heterocycles. The SMILES string of the molecule is C=C[C@]1(C)C[C@@H](OC(=O)CO)[C@]2(C)[C@H](C)CC[C@]3(CCC(=O)[C@@H]32)[C@@H](C)[C@@H]1O. The van der Waals surface area contributed by atoms with Gasteiger partial charge >= 0.3 is 5.97 Å². The predicted octanol–water partition coefficient (Wildman–Crippen LogP) is 2.89. The summed E-state index contributed by atoms with van der Waals surface area (Å²) in [5, 5.41) is 20.6. The predicted molar refractivity (Wildman–Crippen MR) is 102 cm³/mol. The summed E-state index contributed by atoms with van der Waals surface area (Å²) >= 11 is 0. The van der Waals surface area contributed by atoms with Crippen molar-refractivity contribution in [2.75, 3.05) is 6.61 Å². The number of esters is 1. The third-order valence-electron chi connectivity index (χ3n) is 8.70. The number of carbonyl (C=O) groups excluding carboxylic acids is 2. The maximum Gasteiger partial charge on any atom is 0.332 e. The molecule has 5 nitrogen and oxygen atoms in total. The lowest BCUT2D eigenvalue weighted by atomic mass is 9.44. The van der Waals surface area contributed by atoms with Gasteiger partial charge in [0.25, 0.3) is 0 Å². The zero-order chi connectivity index (χ0) is 20.2. The van der Waals surface area contributed by atoms with E-state index in [1.54, 1.807) is 6.08 Å². The number of ketones is 1. The number of aliphatic hydroxyl groups is 2. The van der Waals surface area contributed by atoms with E-state index in [0.29, 0.717) is 12.8 Å². The number of hydrogen-bond acceptors (Lipinski definition) is 5. The van der Waals surface area contributed by atoms with Gasteiger partial charge in [0.05, 0.1) is 6.10 Å². The molecular formula is C22H34O5. The van der Waals surface area contributed by atoms with Crippen molar-refractivity contribution in [2.45, 2.75) is 72.0 Å². The third kappa shape index (κ3) is 2.72. The summed E-state index contributed by atoms with van der Waals surface area (Å²) in [7, 11) is 0. The Labute approximate surface area is 162 Å². The van der Waals surface area contributed by atoms with E-state index in [1.807, 2.05) is 6.92 Å². The second-order valence-electron chi connectivity index (χ2n) is 9.72. The first kappa shape index (κ1) is 20.5. The Morgan fingerprint density at radius 3 is 2.59 bits per heavy atom. The van der Waals surface area contributed by atoms with Crippen LogP contribution in [0.2, 0.25) is 0 Å². The maximum atomic E-state index is 13.1. The lowest BCUT2D eigenvalue weighted by molar-refractivity contribution is -0.207. The van der Waals surface area contributed by atoms with Crippen molar-refractivity contribution in [1.29, 1.82) is 0 Å². The first-order chi connectivity index (χ1) is 12.6. The van der Waals surface area contributed by atoms with Crippen LogP contribution < -0.4 is 0 Å². The molecule has 0 radical (unpaired) electrons. The molecule has 3 aliphatic carbocycles. The lowest BCUT2D eigenvalue weighted by Crippen LogP contribution is -2.63. The van der Waals surface area contributed by atoms with Crippen LogP contribution in [-0.4, -0.2) is 40.8 Å². The molecule has 0 saturated heterocycles. The van der Waals surface area contributed by atoms with Gasteiger partial charge in [-0.3, -0.25) is 4.79 Å². The molecule has 0 aromatic carbocycles. The summed E-state index contributed by atoms with van der Waals surface area (Å²) in [4.78, 5) is 25.2. The minimum absolute atomic E-state index is 0.0433. The fourth-order valence-corrected chi connectivity index (χ4v) is 6.70. The van der Waals surface area contributed by atoms with Gasteiger partial charge in [-0.2, -0.15) is 0 Å². The molecule has 8 atom stereocenters. The summed E-state index contributed by atoms with van der Waals surface area (Å²) in [5.41, 5.74) is -1.43. The molecule has 152 valence electrons. The second kappa shape index (κ2) is 6.70. The fraction of sp³-hybridized carbons (Fsp3) is 0.818. The van der Waals surface area contributed by atoms with E-state index in [1.165, 1.54) is 0 Å². The highest BCUT2D eigenvalue weighted by molar-refractivity contribution is 5.85. The Morgan fingerprint density at radius 2 is 2.00 bits per heavy atom. The van der Waals surface area contributed by atoms with Crippen LogP contribution in [0.25, 0.3) is 0 Å². The molecule has 3 rings (SSSR count). The molecule has 0 aromatic heterocycles. The van der Waals surface area contributed by atoms with E-state index in [-0.39, 0.29) is 29.0 Å². The number of Topliss-reactive ketones (excluding diaryl/α,β-unsaturated/α-hetero) is 1. The molecule has 0 unspecified atom stereocenters. The number of hydrogen-bond donors (Lipinski definition) is 2. The molecule has 5 heteroatoms.